The highest BCUT2D eigenvalue weighted by atomic mass is 35.6. The first-order valence-corrected chi connectivity index (χ1v) is 9.56. The number of nitrogens with one attached hydrogen (secondary N) is 1. The number of hydrogen-bond donors (Lipinski definition) is 1. The SMILES string of the molecule is CCN1CCCC(Nc2nc(-c3ccc(F)cc3)nc(C(Cl)(Cl)Cl)n2)C1. The van der Waals surface area contributed by atoms with E-state index in [9.17, 15) is 4.39 Å². The number of nitrogens with zero attached hydrogens (tertiary/aromatic N) is 4. The van der Waals surface area contributed by atoms with Crippen LogP contribution < -0.4 is 5.32 Å². The molecule has 9 heteroatoms. The zero-order valence-corrected chi connectivity index (χ0v) is 16.5. The van der Waals surface area contributed by atoms with Crippen LogP contribution in [-0.4, -0.2) is 45.5 Å². The van der Waals surface area contributed by atoms with E-state index in [2.05, 4.69) is 32.1 Å². The Balaban J connectivity index is 1.91. The predicted molar refractivity (Wildman–Crippen MR) is 103 cm³/mol. The van der Waals surface area contributed by atoms with E-state index >= 15 is 0 Å². The molecule has 0 bridgehead atoms. The average molecular weight is 419 g/mol. The molecule has 1 aromatic heterocycles. The van der Waals surface area contributed by atoms with Gasteiger partial charge in [0.2, 0.25) is 9.74 Å². The first-order valence-electron chi connectivity index (χ1n) is 8.43. The highest BCUT2D eigenvalue weighted by Crippen LogP contribution is 2.37. The molecular weight excluding hydrogens is 400 g/mol. The number of alkyl halides is 3. The quantitative estimate of drug-likeness (QED) is 0.746. The van der Waals surface area contributed by atoms with Gasteiger partial charge in [0.1, 0.15) is 5.82 Å². The van der Waals surface area contributed by atoms with Gasteiger partial charge in [-0.25, -0.2) is 9.37 Å². The molecule has 1 saturated heterocycles. The number of benzene rings is 1. The van der Waals surface area contributed by atoms with Crippen molar-refractivity contribution in [1.29, 1.82) is 0 Å². The largest absolute Gasteiger partial charge is 0.350 e. The molecular formula is C17H19Cl3FN5. The number of rotatable bonds is 4. The Morgan fingerprint density at radius 3 is 2.58 bits per heavy atom. The lowest BCUT2D eigenvalue weighted by Crippen LogP contribution is -2.42. The molecule has 3 rings (SSSR count). The Bertz CT molecular complexity index is 751. The second kappa shape index (κ2) is 8.21. The minimum Gasteiger partial charge on any atom is -0.350 e. The van der Waals surface area contributed by atoms with Crippen molar-refractivity contribution in [3.05, 3.63) is 35.9 Å². The van der Waals surface area contributed by atoms with Crippen molar-refractivity contribution in [2.45, 2.75) is 29.6 Å². The third kappa shape index (κ3) is 4.94. The normalized spacial score (nSPS) is 18.7. The molecule has 5 nitrogen and oxygen atoms in total. The Labute approximate surface area is 166 Å². The third-order valence-electron chi connectivity index (χ3n) is 4.28. The molecule has 1 aromatic carbocycles. The number of hydrogen-bond acceptors (Lipinski definition) is 5. The van der Waals surface area contributed by atoms with Crippen LogP contribution in [0.15, 0.2) is 24.3 Å². The van der Waals surface area contributed by atoms with Crippen molar-refractivity contribution in [1.82, 2.24) is 19.9 Å². The summed E-state index contributed by atoms with van der Waals surface area (Å²) in [6.07, 6.45) is 2.11. The average Bonchev–Trinajstić information content (AvgIpc) is 2.61. The molecule has 2 heterocycles. The van der Waals surface area contributed by atoms with Crippen molar-refractivity contribution in [3.8, 4) is 11.4 Å². The maximum atomic E-state index is 13.2. The number of halogens is 4. The summed E-state index contributed by atoms with van der Waals surface area (Å²) in [5, 5.41) is 3.33. The molecule has 26 heavy (non-hydrogen) atoms. The molecule has 1 aliphatic rings. The molecule has 0 saturated carbocycles. The van der Waals surface area contributed by atoms with Gasteiger partial charge in [0.15, 0.2) is 11.6 Å². The molecule has 1 fully saturated rings. The van der Waals surface area contributed by atoms with Crippen molar-refractivity contribution >= 4 is 40.8 Å². The molecule has 1 aliphatic heterocycles. The summed E-state index contributed by atoms with van der Waals surface area (Å²) in [4.78, 5) is 15.3. The van der Waals surface area contributed by atoms with Gasteiger partial charge in [-0.3, -0.25) is 0 Å². The Morgan fingerprint density at radius 1 is 1.19 bits per heavy atom. The molecule has 0 aliphatic carbocycles. The van der Waals surface area contributed by atoms with Crippen molar-refractivity contribution in [3.63, 3.8) is 0 Å². The van der Waals surface area contributed by atoms with Gasteiger partial charge in [-0.2, -0.15) is 9.97 Å². The Hall–Kier alpha value is -1.21. The zero-order chi connectivity index (χ0) is 18.7. The van der Waals surface area contributed by atoms with E-state index < -0.39 is 3.79 Å². The Morgan fingerprint density at radius 2 is 1.92 bits per heavy atom. The third-order valence-corrected chi connectivity index (χ3v) is 4.78. The number of piperidine rings is 1. The van der Waals surface area contributed by atoms with E-state index in [4.69, 9.17) is 34.8 Å². The molecule has 2 aromatic rings. The fourth-order valence-corrected chi connectivity index (χ4v) is 3.19. The van der Waals surface area contributed by atoms with Crippen molar-refractivity contribution in [2.75, 3.05) is 25.0 Å². The van der Waals surface area contributed by atoms with E-state index in [0.29, 0.717) is 17.3 Å². The highest BCUT2D eigenvalue weighted by molar-refractivity contribution is 6.66. The fourth-order valence-electron chi connectivity index (χ4n) is 2.94. The highest BCUT2D eigenvalue weighted by Gasteiger charge is 2.29. The fraction of sp³-hybridized carbons (Fsp3) is 0.471. The van der Waals surface area contributed by atoms with E-state index in [1.54, 1.807) is 12.1 Å². The second-order valence-corrected chi connectivity index (χ2v) is 8.47. The molecule has 1 atom stereocenters. The molecule has 140 valence electrons. The molecule has 0 radical (unpaired) electrons. The topological polar surface area (TPSA) is 53.9 Å². The molecule has 1 N–H and O–H groups in total. The van der Waals surface area contributed by atoms with Gasteiger partial charge in [-0.1, -0.05) is 41.7 Å². The standard InChI is InChI=1S/C17H19Cl3FN5/c1-2-26-9-3-4-13(10-26)22-16-24-14(11-5-7-12(21)8-6-11)23-15(25-16)17(18,19)20/h5-8,13H,2-4,9-10H2,1H3,(H,22,23,24,25). The summed E-state index contributed by atoms with van der Waals surface area (Å²) < 4.78 is 11.4. The van der Waals surface area contributed by atoms with Crippen LogP contribution in [0.25, 0.3) is 11.4 Å². The van der Waals surface area contributed by atoms with Gasteiger partial charge in [0, 0.05) is 18.2 Å². The molecule has 0 spiro atoms. The summed E-state index contributed by atoms with van der Waals surface area (Å²) in [5.41, 5.74) is 0.617. The summed E-state index contributed by atoms with van der Waals surface area (Å²) in [6.45, 7) is 5.12. The summed E-state index contributed by atoms with van der Waals surface area (Å²) in [5.74, 6) is 0.364. The van der Waals surface area contributed by atoms with Crippen molar-refractivity contribution < 1.29 is 4.39 Å². The van der Waals surface area contributed by atoms with Gasteiger partial charge in [-0.05, 0) is 50.2 Å². The van der Waals surface area contributed by atoms with Crippen LogP contribution >= 0.6 is 34.8 Å². The van der Waals surface area contributed by atoms with E-state index in [1.165, 1.54) is 12.1 Å². The van der Waals surface area contributed by atoms with Crippen LogP contribution in [0.1, 0.15) is 25.6 Å². The van der Waals surface area contributed by atoms with Gasteiger partial charge in [0.05, 0.1) is 0 Å². The monoisotopic (exact) mass is 417 g/mol. The van der Waals surface area contributed by atoms with Crippen LogP contribution in [0.5, 0.6) is 0 Å². The smallest absolute Gasteiger partial charge is 0.250 e. The van der Waals surface area contributed by atoms with E-state index in [1.807, 2.05) is 0 Å². The molecule has 0 amide bonds. The van der Waals surface area contributed by atoms with Crippen LogP contribution in [0.2, 0.25) is 0 Å². The van der Waals surface area contributed by atoms with Crippen LogP contribution in [0, 0.1) is 5.82 Å². The van der Waals surface area contributed by atoms with Crippen LogP contribution in [0.4, 0.5) is 10.3 Å². The summed E-state index contributed by atoms with van der Waals surface area (Å²) >= 11 is 18.0. The number of likely N-dealkylation sites (N-methyl/N-ethyl adjacent to an activating group) is 1. The number of anilines is 1. The van der Waals surface area contributed by atoms with Crippen molar-refractivity contribution in [2.24, 2.45) is 0 Å². The lowest BCUT2D eigenvalue weighted by molar-refractivity contribution is 0.226. The minimum absolute atomic E-state index is 0.0301. The summed E-state index contributed by atoms with van der Waals surface area (Å²) in [7, 11) is 0. The predicted octanol–water partition coefficient (Wildman–Crippen LogP) is 4.40. The first-order chi connectivity index (χ1) is 12.3. The number of likely N-dealkylation sites (tertiary alicyclic amines) is 1. The van der Waals surface area contributed by atoms with E-state index in [0.717, 1.165) is 32.5 Å². The lowest BCUT2D eigenvalue weighted by Gasteiger charge is -2.32. The zero-order valence-electron chi connectivity index (χ0n) is 14.2. The van der Waals surface area contributed by atoms with Gasteiger partial charge in [-0.15, -0.1) is 0 Å². The molecule has 1 unspecified atom stereocenters. The van der Waals surface area contributed by atoms with Gasteiger partial charge < -0.3 is 10.2 Å². The second-order valence-electron chi connectivity index (χ2n) is 6.19. The van der Waals surface area contributed by atoms with Crippen LogP contribution in [-0.2, 0) is 3.79 Å². The van der Waals surface area contributed by atoms with Gasteiger partial charge >= 0.3 is 0 Å². The number of aromatic nitrogens is 3. The summed E-state index contributed by atoms with van der Waals surface area (Å²) in [6, 6.07) is 6.03. The van der Waals surface area contributed by atoms with E-state index in [-0.39, 0.29) is 17.7 Å². The lowest BCUT2D eigenvalue weighted by atomic mass is 10.1. The maximum Gasteiger partial charge on any atom is 0.250 e. The minimum atomic E-state index is -1.78. The Kier molecular flexibility index (Phi) is 6.17. The first kappa shape index (κ1) is 19.5. The maximum absolute atomic E-state index is 13.2. The van der Waals surface area contributed by atoms with Crippen LogP contribution in [0.3, 0.4) is 0 Å². The van der Waals surface area contributed by atoms with Gasteiger partial charge in [0.25, 0.3) is 0 Å².